The summed E-state index contributed by atoms with van der Waals surface area (Å²) in [6.07, 6.45) is -0.344. The summed E-state index contributed by atoms with van der Waals surface area (Å²) in [7, 11) is -1.92. The van der Waals surface area contributed by atoms with E-state index in [-0.39, 0.29) is 24.7 Å². The van der Waals surface area contributed by atoms with Gasteiger partial charge in [0.25, 0.3) is 0 Å². The molecular weight excluding hydrogens is 300 g/mol. The zero-order valence-corrected chi connectivity index (χ0v) is 13.1. The number of amides is 1. The minimum Gasteiger partial charge on any atom is -0.391 e. The van der Waals surface area contributed by atoms with Gasteiger partial charge in [0, 0.05) is 33.2 Å². The zero-order valence-electron chi connectivity index (χ0n) is 12.3. The lowest BCUT2D eigenvalue weighted by Crippen LogP contribution is -2.42. The summed E-state index contributed by atoms with van der Waals surface area (Å²) in [6, 6.07) is 0. The van der Waals surface area contributed by atoms with E-state index in [1.807, 2.05) is 0 Å². The van der Waals surface area contributed by atoms with Gasteiger partial charge in [0.05, 0.1) is 31.7 Å². The van der Waals surface area contributed by atoms with E-state index < -0.39 is 16.1 Å². The molecule has 1 aliphatic rings. The first-order valence-electron chi connectivity index (χ1n) is 6.95. The molecule has 1 heterocycles. The molecule has 0 aromatic rings. The number of nitrogens with zero attached hydrogens (tertiary/aromatic N) is 1. The van der Waals surface area contributed by atoms with E-state index in [0.29, 0.717) is 39.3 Å². The number of hydrogen-bond acceptors (Lipinski definition) is 6. The lowest BCUT2D eigenvalue weighted by atomic mass is 10.2. The highest BCUT2D eigenvalue weighted by Crippen LogP contribution is 2.06. The summed E-state index contributed by atoms with van der Waals surface area (Å²) in [4.78, 5) is 11.6. The van der Waals surface area contributed by atoms with E-state index in [1.54, 1.807) is 0 Å². The normalized spacial score (nSPS) is 18.4. The van der Waals surface area contributed by atoms with Crippen molar-refractivity contribution in [3.05, 3.63) is 0 Å². The van der Waals surface area contributed by atoms with E-state index in [1.165, 1.54) is 11.4 Å². The molecule has 1 rings (SSSR count). The van der Waals surface area contributed by atoms with Crippen LogP contribution in [0.4, 0.5) is 0 Å². The predicted octanol–water partition coefficient (Wildman–Crippen LogP) is -1.45. The molecule has 21 heavy (non-hydrogen) atoms. The summed E-state index contributed by atoms with van der Waals surface area (Å²) in [5, 5.41) is 12.0. The number of morpholine rings is 1. The molecule has 124 valence electrons. The van der Waals surface area contributed by atoms with Crippen molar-refractivity contribution in [2.45, 2.75) is 18.9 Å². The molecule has 0 aliphatic carbocycles. The van der Waals surface area contributed by atoms with Crippen LogP contribution in [0.15, 0.2) is 0 Å². The Hall–Kier alpha value is -0.740. The molecule has 1 aliphatic heterocycles. The van der Waals surface area contributed by atoms with Gasteiger partial charge in [-0.3, -0.25) is 4.79 Å². The molecule has 0 aromatic heterocycles. The molecule has 1 unspecified atom stereocenters. The van der Waals surface area contributed by atoms with Gasteiger partial charge in [-0.1, -0.05) is 0 Å². The fraction of sp³-hybridized carbons (Fsp3) is 0.917. The lowest BCUT2D eigenvalue weighted by Gasteiger charge is -2.25. The van der Waals surface area contributed by atoms with Gasteiger partial charge in [-0.25, -0.2) is 8.42 Å². The Labute approximate surface area is 125 Å². The molecule has 0 radical (unpaired) electrons. The van der Waals surface area contributed by atoms with Gasteiger partial charge >= 0.3 is 0 Å². The molecule has 0 aromatic carbocycles. The van der Waals surface area contributed by atoms with Gasteiger partial charge in [-0.15, -0.1) is 0 Å². The number of ether oxygens (including phenoxy) is 2. The van der Waals surface area contributed by atoms with Gasteiger partial charge in [0.1, 0.15) is 0 Å². The van der Waals surface area contributed by atoms with E-state index in [4.69, 9.17) is 9.47 Å². The maximum Gasteiger partial charge on any atom is 0.221 e. The lowest BCUT2D eigenvalue weighted by molar-refractivity contribution is -0.120. The average molecular weight is 324 g/mol. The third kappa shape index (κ3) is 7.18. The Kier molecular flexibility index (Phi) is 8.12. The average Bonchev–Trinajstić information content (AvgIpc) is 2.46. The van der Waals surface area contributed by atoms with Gasteiger partial charge in [0.2, 0.25) is 15.9 Å². The second kappa shape index (κ2) is 9.31. The van der Waals surface area contributed by atoms with Gasteiger partial charge in [0.15, 0.2) is 0 Å². The second-order valence-electron chi connectivity index (χ2n) is 4.83. The molecule has 2 N–H and O–H groups in total. The number of sulfonamides is 1. The van der Waals surface area contributed by atoms with Crippen molar-refractivity contribution >= 4 is 15.9 Å². The number of carbonyl (C=O) groups excluding carboxylic acids is 1. The van der Waals surface area contributed by atoms with E-state index in [9.17, 15) is 18.3 Å². The molecule has 9 heteroatoms. The number of aliphatic hydroxyl groups is 1. The summed E-state index contributed by atoms with van der Waals surface area (Å²) >= 11 is 0. The maximum atomic E-state index is 12.0. The molecule has 0 bridgehead atoms. The summed E-state index contributed by atoms with van der Waals surface area (Å²) in [6.45, 7) is 1.97. The van der Waals surface area contributed by atoms with Gasteiger partial charge in [-0.05, 0) is 6.42 Å². The highest BCUT2D eigenvalue weighted by Gasteiger charge is 2.24. The number of nitrogens with one attached hydrogen (secondary N) is 1. The second-order valence-corrected chi connectivity index (χ2v) is 6.91. The van der Waals surface area contributed by atoms with Gasteiger partial charge < -0.3 is 19.9 Å². The van der Waals surface area contributed by atoms with Gasteiger partial charge in [-0.2, -0.15) is 4.31 Å². The van der Waals surface area contributed by atoms with Crippen LogP contribution in [-0.2, 0) is 24.3 Å². The third-order valence-electron chi connectivity index (χ3n) is 3.11. The SMILES string of the molecule is COCC(O)CCNC(=O)CCS(=O)(=O)N1CCOCC1. The molecule has 1 atom stereocenters. The first-order chi connectivity index (χ1) is 9.95. The molecule has 0 saturated carbocycles. The van der Waals surface area contributed by atoms with Crippen LogP contribution >= 0.6 is 0 Å². The van der Waals surface area contributed by atoms with Crippen LogP contribution in [0.2, 0.25) is 0 Å². The molecular formula is C12H24N2O6S. The number of rotatable bonds is 9. The molecule has 1 fully saturated rings. The zero-order chi connectivity index (χ0) is 15.7. The van der Waals surface area contributed by atoms with Crippen molar-refractivity contribution in [1.29, 1.82) is 0 Å². The van der Waals surface area contributed by atoms with Crippen molar-refractivity contribution in [2.24, 2.45) is 0 Å². The predicted molar refractivity (Wildman–Crippen MR) is 76.3 cm³/mol. The Bertz CT molecular complexity index is 408. The molecule has 0 spiro atoms. The van der Waals surface area contributed by atoms with Crippen LogP contribution in [0.25, 0.3) is 0 Å². The van der Waals surface area contributed by atoms with Crippen molar-refractivity contribution in [3.63, 3.8) is 0 Å². The molecule has 1 amide bonds. The summed E-state index contributed by atoms with van der Waals surface area (Å²) < 4.78 is 35.2. The van der Waals surface area contributed by atoms with Crippen LogP contribution in [-0.4, -0.2) is 82.2 Å². The van der Waals surface area contributed by atoms with Crippen LogP contribution < -0.4 is 5.32 Å². The Morgan fingerprint density at radius 1 is 1.43 bits per heavy atom. The Morgan fingerprint density at radius 2 is 2.10 bits per heavy atom. The van der Waals surface area contributed by atoms with Crippen molar-refractivity contribution in [2.75, 3.05) is 52.3 Å². The first-order valence-corrected chi connectivity index (χ1v) is 8.56. The highest BCUT2D eigenvalue weighted by molar-refractivity contribution is 7.89. The largest absolute Gasteiger partial charge is 0.391 e. The number of carbonyl (C=O) groups is 1. The summed E-state index contributed by atoms with van der Waals surface area (Å²) in [5.74, 6) is -0.545. The molecule has 8 nitrogen and oxygen atoms in total. The van der Waals surface area contributed by atoms with E-state index in [0.717, 1.165) is 0 Å². The van der Waals surface area contributed by atoms with Crippen LogP contribution in [0.3, 0.4) is 0 Å². The Morgan fingerprint density at radius 3 is 2.71 bits per heavy atom. The van der Waals surface area contributed by atoms with Crippen molar-refractivity contribution in [1.82, 2.24) is 9.62 Å². The van der Waals surface area contributed by atoms with Crippen molar-refractivity contribution in [3.8, 4) is 0 Å². The standard InChI is InChI=1S/C12H24N2O6S/c1-19-10-11(15)2-4-13-12(16)3-9-21(17,18)14-5-7-20-8-6-14/h11,15H,2-10H2,1H3,(H,13,16). The Balaban J connectivity index is 2.22. The minimum absolute atomic E-state index is 0.0833. The van der Waals surface area contributed by atoms with Crippen LogP contribution in [0.5, 0.6) is 0 Å². The quantitative estimate of drug-likeness (QED) is 0.538. The maximum absolute atomic E-state index is 12.0. The topological polar surface area (TPSA) is 105 Å². The van der Waals surface area contributed by atoms with Crippen LogP contribution in [0, 0.1) is 0 Å². The van der Waals surface area contributed by atoms with E-state index in [2.05, 4.69) is 5.32 Å². The summed E-state index contributed by atoms with van der Waals surface area (Å²) in [5.41, 5.74) is 0. The van der Waals surface area contributed by atoms with E-state index >= 15 is 0 Å². The fourth-order valence-corrected chi connectivity index (χ4v) is 3.32. The van der Waals surface area contributed by atoms with Crippen LogP contribution in [0.1, 0.15) is 12.8 Å². The highest BCUT2D eigenvalue weighted by atomic mass is 32.2. The third-order valence-corrected chi connectivity index (χ3v) is 4.98. The minimum atomic E-state index is -3.41. The number of aliphatic hydroxyl groups excluding tert-OH is 1. The molecule has 1 saturated heterocycles. The monoisotopic (exact) mass is 324 g/mol. The first kappa shape index (κ1) is 18.3. The smallest absolute Gasteiger partial charge is 0.221 e. The van der Waals surface area contributed by atoms with Crippen molar-refractivity contribution < 1.29 is 27.8 Å². The fourth-order valence-electron chi connectivity index (χ4n) is 1.92. The number of hydrogen-bond donors (Lipinski definition) is 2. The number of methoxy groups -OCH3 is 1.